The van der Waals surface area contributed by atoms with Crippen LogP contribution < -0.4 is 19.5 Å². The molecular formula is C24H26N2O5. The minimum absolute atomic E-state index is 0.0691. The number of methoxy groups -OCH3 is 1. The summed E-state index contributed by atoms with van der Waals surface area (Å²) in [5, 5.41) is 3.24. The van der Waals surface area contributed by atoms with Gasteiger partial charge in [-0.3, -0.25) is 9.59 Å². The number of hydrogen-bond donors (Lipinski definition) is 1. The van der Waals surface area contributed by atoms with Crippen molar-refractivity contribution in [2.45, 2.75) is 50.2 Å². The van der Waals surface area contributed by atoms with Crippen LogP contribution in [-0.4, -0.2) is 36.3 Å². The van der Waals surface area contributed by atoms with Gasteiger partial charge in [-0.25, -0.2) is 0 Å². The van der Waals surface area contributed by atoms with Crippen molar-refractivity contribution in [3.8, 4) is 17.2 Å². The molecule has 1 N–H and O–H groups in total. The van der Waals surface area contributed by atoms with E-state index in [0.717, 1.165) is 43.4 Å². The number of benzene rings is 2. The first kappa shape index (κ1) is 19.7. The number of carbonyl (C=O) groups excluding carboxylic acids is 2. The van der Waals surface area contributed by atoms with Gasteiger partial charge < -0.3 is 24.4 Å². The number of nitrogens with one attached hydrogen (secondary N) is 1. The molecule has 3 aliphatic rings. The van der Waals surface area contributed by atoms with E-state index in [0.29, 0.717) is 23.5 Å². The molecule has 2 fully saturated rings. The van der Waals surface area contributed by atoms with Crippen LogP contribution in [0.2, 0.25) is 0 Å². The fraction of sp³-hybridized carbons (Fsp3) is 0.417. The summed E-state index contributed by atoms with van der Waals surface area (Å²) in [6.07, 6.45) is 4.99. The molecule has 162 valence electrons. The van der Waals surface area contributed by atoms with Crippen molar-refractivity contribution in [2.75, 3.05) is 13.9 Å². The Bertz CT molecular complexity index is 998. The molecule has 0 bridgehead atoms. The average Bonchev–Trinajstić information content (AvgIpc) is 3.25. The van der Waals surface area contributed by atoms with Crippen LogP contribution >= 0.6 is 0 Å². The second kappa shape index (κ2) is 7.80. The van der Waals surface area contributed by atoms with Crippen molar-refractivity contribution < 1.29 is 23.8 Å². The lowest BCUT2D eigenvalue weighted by atomic mass is 9.81. The third-order valence-electron chi connectivity index (χ3n) is 6.57. The van der Waals surface area contributed by atoms with E-state index in [1.807, 2.05) is 23.1 Å². The molecule has 0 aromatic heterocycles. The second-order valence-corrected chi connectivity index (χ2v) is 8.37. The summed E-state index contributed by atoms with van der Waals surface area (Å²) in [5.41, 5.74) is 0.886. The maximum Gasteiger partial charge on any atom is 0.253 e. The zero-order valence-corrected chi connectivity index (χ0v) is 17.6. The van der Waals surface area contributed by atoms with Crippen LogP contribution in [0.25, 0.3) is 0 Å². The number of fused-ring (bicyclic) bond motifs is 1. The van der Waals surface area contributed by atoms with E-state index in [9.17, 15) is 9.59 Å². The zero-order chi connectivity index (χ0) is 21.4. The van der Waals surface area contributed by atoms with E-state index in [-0.39, 0.29) is 24.6 Å². The Hall–Kier alpha value is -3.22. The van der Waals surface area contributed by atoms with Crippen molar-refractivity contribution in [1.29, 1.82) is 0 Å². The van der Waals surface area contributed by atoms with Crippen LogP contribution in [-0.2, 0) is 4.79 Å². The van der Waals surface area contributed by atoms with Crippen LogP contribution in [0, 0.1) is 0 Å². The maximum atomic E-state index is 13.1. The molecule has 1 aliphatic carbocycles. The molecule has 1 saturated carbocycles. The first-order chi connectivity index (χ1) is 15.1. The molecular weight excluding hydrogens is 396 g/mol. The quantitative estimate of drug-likeness (QED) is 0.742. The van der Waals surface area contributed by atoms with Gasteiger partial charge in [0, 0.05) is 5.56 Å². The first-order valence-electron chi connectivity index (χ1n) is 10.8. The Balaban J connectivity index is 1.42. The third kappa shape index (κ3) is 3.48. The Morgan fingerprint density at radius 1 is 1.06 bits per heavy atom. The van der Waals surface area contributed by atoms with Crippen LogP contribution in [0.1, 0.15) is 60.5 Å². The number of nitrogens with zero attached hydrogens (tertiary/aromatic N) is 1. The summed E-state index contributed by atoms with van der Waals surface area (Å²) in [6.45, 7) is 0.216. The van der Waals surface area contributed by atoms with Gasteiger partial charge in [0.05, 0.1) is 19.6 Å². The highest BCUT2D eigenvalue weighted by atomic mass is 16.7. The fourth-order valence-electron chi connectivity index (χ4n) is 4.93. The Morgan fingerprint density at radius 3 is 2.52 bits per heavy atom. The zero-order valence-electron chi connectivity index (χ0n) is 17.6. The molecule has 1 saturated heterocycles. The van der Waals surface area contributed by atoms with Crippen molar-refractivity contribution >= 4 is 11.8 Å². The predicted molar refractivity (Wildman–Crippen MR) is 113 cm³/mol. The fourth-order valence-corrected chi connectivity index (χ4v) is 4.93. The van der Waals surface area contributed by atoms with Crippen molar-refractivity contribution in [3.05, 3.63) is 53.6 Å². The van der Waals surface area contributed by atoms with Gasteiger partial charge >= 0.3 is 0 Å². The van der Waals surface area contributed by atoms with Gasteiger partial charge in [0.1, 0.15) is 11.4 Å². The highest BCUT2D eigenvalue weighted by Gasteiger charge is 2.51. The molecule has 0 spiro atoms. The SMILES string of the molecule is COc1ccc(C(=O)NC2(N3C(=O)C[C@@H]3c3ccc4c(c3)OCO4)CCCCC2)cc1. The molecule has 0 unspecified atom stereocenters. The topological polar surface area (TPSA) is 77.1 Å². The molecule has 1 atom stereocenters. The minimum Gasteiger partial charge on any atom is -0.497 e. The predicted octanol–water partition coefficient (Wildman–Crippen LogP) is 3.79. The Morgan fingerprint density at radius 2 is 1.81 bits per heavy atom. The highest BCUT2D eigenvalue weighted by molar-refractivity contribution is 5.95. The van der Waals surface area contributed by atoms with Gasteiger partial charge in [-0.1, -0.05) is 12.5 Å². The average molecular weight is 422 g/mol. The Labute approximate surface area is 181 Å². The van der Waals surface area contributed by atoms with Gasteiger partial charge in [0.2, 0.25) is 12.7 Å². The summed E-state index contributed by atoms with van der Waals surface area (Å²) < 4.78 is 16.1. The number of amides is 2. The lowest BCUT2D eigenvalue weighted by molar-refractivity contribution is -0.162. The van der Waals surface area contributed by atoms with E-state index in [4.69, 9.17) is 14.2 Å². The molecule has 2 aromatic rings. The first-order valence-corrected chi connectivity index (χ1v) is 10.8. The minimum atomic E-state index is -0.675. The van der Waals surface area contributed by atoms with Crippen LogP contribution in [0.3, 0.4) is 0 Å². The molecule has 2 heterocycles. The van der Waals surface area contributed by atoms with E-state index in [1.54, 1.807) is 31.4 Å². The number of hydrogen-bond acceptors (Lipinski definition) is 5. The van der Waals surface area contributed by atoms with Crippen LogP contribution in [0.15, 0.2) is 42.5 Å². The van der Waals surface area contributed by atoms with Crippen molar-refractivity contribution in [1.82, 2.24) is 10.2 Å². The third-order valence-corrected chi connectivity index (χ3v) is 6.57. The van der Waals surface area contributed by atoms with Crippen LogP contribution in [0.5, 0.6) is 17.2 Å². The molecule has 31 heavy (non-hydrogen) atoms. The lowest BCUT2D eigenvalue weighted by Crippen LogP contribution is -2.68. The number of rotatable bonds is 5. The number of ether oxygens (including phenoxy) is 3. The van der Waals surface area contributed by atoms with Gasteiger partial charge in [0.15, 0.2) is 11.5 Å². The summed E-state index contributed by atoms with van der Waals surface area (Å²) in [7, 11) is 1.60. The normalized spacial score (nSPS) is 21.4. The van der Waals surface area contributed by atoms with Gasteiger partial charge in [-0.2, -0.15) is 0 Å². The van der Waals surface area contributed by atoms with Gasteiger partial charge in [0.25, 0.3) is 5.91 Å². The molecule has 5 rings (SSSR count). The van der Waals surface area contributed by atoms with Crippen molar-refractivity contribution in [3.63, 3.8) is 0 Å². The van der Waals surface area contributed by atoms with E-state index in [2.05, 4.69) is 5.32 Å². The lowest BCUT2D eigenvalue weighted by Gasteiger charge is -2.55. The Kier molecular flexibility index (Phi) is 4.96. The number of β-lactam (4-membered cyclic amide) rings is 1. The van der Waals surface area contributed by atoms with E-state index in [1.165, 1.54) is 0 Å². The number of carbonyl (C=O) groups is 2. The monoisotopic (exact) mass is 422 g/mol. The van der Waals surface area contributed by atoms with Crippen LogP contribution in [0.4, 0.5) is 0 Å². The van der Waals surface area contributed by atoms with Gasteiger partial charge in [-0.15, -0.1) is 0 Å². The van der Waals surface area contributed by atoms with Gasteiger partial charge in [-0.05, 0) is 67.6 Å². The molecule has 2 amide bonds. The summed E-state index contributed by atoms with van der Waals surface area (Å²) in [4.78, 5) is 27.9. The summed E-state index contributed by atoms with van der Waals surface area (Å²) >= 11 is 0. The van der Waals surface area contributed by atoms with E-state index >= 15 is 0 Å². The van der Waals surface area contributed by atoms with E-state index < -0.39 is 5.66 Å². The number of likely N-dealkylation sites (tertiary alicyclic amines) is 1. The molecule has 0 radical (unpaired) electrons. The molecule has 7 nitrogen and oxygen atoms in total. The summed E-state index contributed by atoms with van der Waals surface area (Å²) in [6, 6.07) is 12.8. The summed E-state index contributed by atoms with van der Waals surface area (Å²) in [5.74, 6) is 2.02. The largest absolute Gasteiger partial charge is 0.497 e. The standard InChI is InChI=1S/C24H26N2O5/c1-29-18-8-5-16(6-9-18)23(28)25-24(11-3-2-4-12-24)26-19(14-22(26)27)17-7-10-20-21(13-17)31-15-30-20/h5-10,13,19H,2-4,11-12,14-15H2,1H3,(H,25,28)/t19-/m1/s1. The maximum absolute atomic E-state index is 13.1. The van der Waals surface area contributed by atoms with Crippen molar-refractivity contribution in [2.24, 2.45) is 0 Å². The molecule has 7 heteroatoms. The molecule has 2 aromatic carbocycles. The second-order valence-electron chi connectivity index (χ2n) is 8.37. The highest BCUT2D eigenvalue weighted by Crippen LogP contribution is 2.47. The smallest absolute Gasteiger partial charge is 0.253 e. The molecule has 2 aliphatic heterocycles.